The first-order valence-corrected chi connectivity index (χ1v) is 10.3. The molecule has 0 amide bonds. The summed E-state index contributed by atoms with van der Waals surface area (Å²) in [6, 6.07) is 16.6. The van der Waals surface area contributed by atoms with Crippen LogP contribution in [0.1, 0.15) is 25.5 Å². The van der Waals surface area contributed by atoms with E-state index in [-0.39, 0.29) is 12.1 Å². The van der Waals surface area contributed by atoms with Crippen LogP contribution in [0, 0.1) is 0 Å². The summed E-state index contributed by atoms with van der Waals surface area (Å²) >= 11 is 0. The van der Waals surface area contributed by atoms with Gasteiger partial charge in [-0.15, -0.1) is 0 Å². The van der Waals surface area contributed by atoms with E-state index in [0.29, 0.717) is 24.4 Å². The van der Waals surface area contributed by atoms with E-state index < -0.39 is 6.10 Å². The Kier molecular flexibility index (Phi) is 6.04. The molecule has 2 aromatic carbocycles. The summed E-state index contributed by atoms with van der Waals surface area (Å²) in [5.74, 6) is 1.54. The molecule has 0 spiro atoms. The molecular weight excluding hydrogens is 394 g/mol. The molecule has 7 nitrogen and oxygen atoms in total. The van der Waals surface area contributed by atoms with Gasteiger partial charge in [0, 0.05) is 18.0 Å². The van der Waals surface area contributed by atoms with Crippen molar-refractivity contribution in [1.29, 1.82) is 0 Å². The Morgan fingerprint density at radius 2 is 1.55 bits per heavy atom. The second-order valence-electron chi connectivity index (χ2n) is 7.09. The van der Waals surface area contributed by atoms with Gasteiger partial charge < -0.3 is 19.1 Å². The molecule has 0 fully saturated rings. The van der Waals surface area contributed by atoms with Crippen molar-refractivity contribution < 1.29 is 14.6 Å². The summed E-state index contributed by atoms with van der Waals surface area (Å²) in [5, 5.41) is 15.1. The van der Waals surface area contributed by atoms with Crippen LogP contribution >= 0.6 is 0 Å². The SMILES string of the molecule is CCOc1ccc(-c2cc3c(=O)n(C[C@H](O)c4ccc(OCC)cc4)ccn3n2)cc1. The lowest BCUT2D eigenvalue weighted by molar-refractivity contribution is 0.155. The van der Waals surface area contributed by atoms with Gasteiger partial charge in [0.05, 0.1) is 31.6 Å². The molecule has 2 heterocycles. The number of aliphatic hydroxyl groups is 1. The monoisotopic (exact) mass is 419 g/mol. The highest BCUT2D eigenvalue weighted by molar-refractivity contribution is 5.66. The number of aromatic nitrogens is 3. The Labute approximate surface area is 180 Å². The molecule has 0 aliphatic heterocycles. The summed E-state index contributed by atoms with van der Waals surface area (Å²) in [7, 11) is 0. The molecule has 0 saturated heterocycles. The van der Waals surface area contributed by atoms with E-state index in [1.165, 1.54) is 4.57 Å². The van der Waals surface area contributed by atoms with E-state index in [9.17, 15) is 9.90 Å². The predicted molar refractivity (Wildman–Crippen MR) is 119 cm³/mol. The number of ether oxygens (including phenoxy) is 2. The average molecular weight is 419 g/mol. The fourth-order valence-electron chi connectivity index (χ4n) is 3.44. The van der Waals surface area contributed by atoms with E-state index in [4.69, 9.17) is 9.47 Å². The first-order valence-electron chi connectivity index (χ1n) is 10.3. The quantitative estimate of drug-likeness (QED) is 0.471. The second kappa shape index (κ2) is 9.06. The normalized spacial score (nSPS) is 12.1. The smallest absolute Gasteiger partial charge is 0.276 e. The lowest BCUT2D eigenvalue weighted by Crippen LogP contribution is -2.24. The summed E-state index contributed by atoms with van der Waals surface area (Å²) in [6.45, 7) is 5.20. The molecule has 4 aromatic rings. The van der Waals surface area contributed by atoms with E-state index in [2.05, 4.69) is 5.10 Å². The van der Waals surface area contributed by atoms with Gasteiger partial charge in [0.25, 0.3) is 5.56 Å². The minimum atomic E-state index is -0.815. The highest BCUT2D eigenvalue weighted by Gasteiger charge is 2.13. The Hall–Kier alpha value is -3.58. The number of aliphatic hydroxyl groups excluding tert-OH is 1. The summed E-state index contributed by atoms with van der Waals surface area (Å²) in [5.41, 5.74) is 2.55. The summed E-state index contributed by atoms with van der Waals surface area (Å²) < 4.78 is 14.0. The standard InChI is InChI=1S/C24H25N3O4/c1-3-30-19-9-5-17(6-10-19)21-15-22-24(29)26(13-14-27(22)25-21)16-23(28)18-7-11-20(12-8-18)31-4-2/h5-15,23,28H,3-4,16H2,1-2H3/t23-/m0/s1. The molecule has 0 saturated carbocycles. The van der Waals surface area contributed by atoms with Crippen LogP contribution in [0.3, 0.4) is 0 Å². The zero-order valence-corrected chi connectivity index (χ0v) is 17.6. The maximum absolute atomic E-state index is 13.0. The van der Waals surface area contributed by atoms with Gasteiger partial charge in [-0.05, 0) is 61.9 Å². The fourth-order valence-corrected chi connectivity index (χ4v) is 3.44. The Morgan fingerprint density at radius 3 is 2.16 bits per heavy atom. The minimum Gasteiger partial charge on any atom is -0.494 e. The molecule has 1 atom stereocenters. The third kappa shape index (κ3) is 4.46. The van der Waals surface area contributed by atoms with Gasteiger partial charge >= 0.3 is 0 Å². The van der Waals surface area contributed by atoms with Crippen LogP contribution in [0.4, 0.5) is 0 Å². The van der Waals surface area contributed by atoms with Gasteiger partial charge in [-0.3, -0.25) is 4.79 Å². The van der Waals surface area contributed by atoms with Gasteiger partial charge in [0.15, 0.2) is 0 Å². The fraction of sp³-hybridized carbons (Fsp3) is 0.250. The van der Waals surface area contributed by atoms with Gasteiger partial charge in [0.2, 0.25) is 0 Å². The van der Waals surface area contributed by atoms with E-state index in [1.54, 1.807) is 23.0 Å². The van der Waals surface area contributed by atoms with Crippen molar-refractivity contribution in [2.24, 2.45) is 0 Å². The van der Waals surface area contributed by atoms with Crippen LogP contribution in [0.2, 0.25) is 0 Å². The van der Waals surface area contributed by atoms with Crippen LogP contribution in [-0.4, -0.2) is 32.5 Å². The van der Waals surface area contributed by atoms with Crippen molar-refractivity contribution in [3.8, 4) is 22.8 Å². The highest BCUT2D eigenvalue weighted by Crippen LogP contribution is 2.22. The van der Waals surface area contributed by atoms with Crippen LogP contribution in [0.15, 0.2) is 71.8 Å². The molecule has 4 rings (SSSR count). The topological polar surface area (TPSA) is 78.0 Å². The van der Waals surface area contributed by atoms with Crippen molar-refractivity contribution >= 4 is 5.52 Å². The lowest BCUT2D eigenvalue weighted by atomic mass is 10.1. The average Bonchev–Trinajstić information content (AvgIpc) is 3.22. The number of fused-ring (bicyclic) bond motifs is 1. The Balaban J connectivity index is 1.57. The molecule has 31 heavy (non-hydrogen) atoms. The molecule has 0 aliphatic carbocycles. The molecule has 0 radical (unpaired) electrons. The van der Waals surface area contributed by atoms with Gasteiger partial charge in [-0.25, -0.2) is 4.52 Å². The van der Waals surface area contributed by atoms with Crippen molar-refractivity contribution in [3.63, 3.8) is 0 Å². The van der Waals surface area contributed by atoms with Crippen LogP contribution < -0.4 is 15.0 Å². The molecule has 1 N–H and O–H groups in total. The Morgan fingerprint density at radius 1 is 0.935 bits per heavy atom. The first kappa shape index (κ1) is 20.7. The maximum atomic E-state index is 13.0. The van der Waals surface area contributed by atoms with Crippen molar-refractivity contribution in [2.45, 2.75) is 26.5 Å². The Bertz CT molecular complexity index is 1210. The predicted octanol–water partition coefficient (Wildman–Crippen LogP) is 3.69. The van der Waals surface area contributed by atoms with Crippen molar-refractivity contribution in [2.75, 3.05) is 13.2 Å². The number of nitrogens with zero attached hydrogens (tertiary/aromatic N) is 3. The second-order valence-corrected chi connectivity index (χ2v) is 7.09. The van der Waals surface area contributed by atoms with Gasteiger partial charge in [-0.2, -0.15) is 5.10 Å². The number of benzene rings is 2. The zero-order chi connectivity index (χ0) is 21.8. The number of hydrogen-bond donors (Lipinski definition) is 1. The van der Waals surface area contributed by atoms with E-state index >= 15 is 0 Å². The number of hydrogen-bond acceptors (Lipinski definition) is 5. The van der Waals surface area contributed by atoms with Gasteiger partial charge in [0.1, 0.15) is 17.0 Å². The molecule has 0 aliphatic rings. The third-order valence-electron chi connectivity index (χ3n) is 5.01. The van der Waals surface area contributed by atoms with Crippen LogP contribution in [0.25, 0.3) is 16.8 Å². The number of rotatable bonds is 8. The molecule has 0 unspecified atom stereocenters. The van der Waals surface area contributed by atoms with Crippen LogP contribution in [0.5, 0.6) is 11.5 Å². The minimum absolute atomic E-state index is 0.146. The molecular formula is C24H25N3O4. The largest absolute Gasteiger partial charge is 0.494 e. The zero-order valence-electron chi connectivity index (χ0n) is 17.6. The first-order chi connectivity index (χ1) is 15.1. The molecule has 160 valence electrons. The van der Waals surface area contributed by atoms with E-state index in [0.717, 1.165) is 22.6 Å². The van der Waals surface area contributed by atoms with E-state index in [1.807, 2.05) is 62.4 Å². The van der Waals surface area contributed by atoms with Crippen molar-refractivity contribution in [3.05, 3.63) is 82.9 Å². The van der Waals surface area contributed by atoms with Gasteiger partial charge in [-0.1, -0.05) is 12.1 Å². The third-order valence-corrected chi connectivity index (χ3v) is 5.01. The summed E-state index contributed by atoms with van der Waals surface area (Å²) in [4.78, 5) is 13.0. The highest BCUT2D eigenvalue weighted by atomic mass is 16.5. The lowest BCUT2D eigenvalue weighted by Gasteiger charge is -2.14. The summed E-state index contributed by atoms with van der Waals surface area (Å²) in [6.07, 6.45) is 2.55. The molecule has 0 bridgehead atoms. The molecule has 7 heteroatoms. The van der Waals surface area contributed by atoms with Crippen LogP contribution in [-0.2, 0) is 6.54 Å². The molecule has 2 aromatic heterocycles. The van der Waals surface area contributed by atoms with Crippen molar-refractivity contribution in [1.82, 2.24) is 14.2 Å². The maximum Gasteiger partial charge on any atom is 0.276 e.